The molecule has 17 heavy (non-hydrogen) atoms. The van der Waals surface area contributed by atoms with Crippen LogP contribution in [0.3, 0.4) is 0 Å². The average molecular weight is 230 g/mol. The molecular formula is C13H14N2O2. The summed E-state index contributed by atoms with van der Waals surface area (Å²) in [7, 11) is 0. The topological polar surface area (TPSA) is 63.0 Å². The van der Waals surface area contributed by atoms with E-state index in [2.05, 4.69) is 4.98 Å². The quantitative estimate of drug-likeness (QED) is 0.791. The third-order valence-corrected chi connectivity index (χ3v) is 2.92. The van der Waals surface area contributed by atoms with E-state index >= 15 is 0 Å². The van der Waals surface area contributed by atoms with Gasteiger partial charge in [-0.15, -0.1) is 0 Å². The molecule has 1 aliphatic rings. The van der Waals surface area contributed by atoms with E-state index in [-0.39, 0.29) is 11.9 Å². The molecule has 2 rings (SSSR count). The van der Waals surface area contributed by atoms with E-state index < -0.39 is 5.92 Å². The highest BCUT2D eigenvalue weighted by Gasteiger charge is 2.25. The molecule has 0 radical (unpaired) electrons. The molecule has 1 saturated heterocycles. The van der Waals surface area contributed by atoms with Crippen LogP contribution in [-0.4, -0.2) is 23.5 Å². The summed E-state index contributed by atoms with van der Waals surface area (Å²) in [6.07, 6.45) is 5.44. The summed E-state index contributed by atoms with van der Waals surface area (Å²) in [6.45, 7) is 0.724. The molecule has 1 aromatic heterocycles. The number of rotatable bonds is 4. The fraction of sp³-hybridized carbons (Fsp3) is 0.462. The van der Waals surface area contributed by atoms with Crippen LogP contribution >= 0.6 is 0 Å². The van der Waals surface area contributed by atoms with Crippen LogP contribution in [-0.2, 0) is 9.53 Å². The lowest BCUT2D eigenvalue weighted by atomic mass is 9.93. The van der Waals surface area contributed by atoms with Crippen LogP contribution in [0, 0.1) is 11.3 Å². The number of ether oxygens (including phenoxy) is 1. The van der Waals surface area contributed by atoms with Gasteiger partial charge in [0.1, 0.15) is 5.92 Å². The van der Waals surface area contributed by atoms with Gasteiger partial charge in [-0.05, 0) is 24.5 Å². The number of carbonyl (C=O) groups excluding carboxylic acids is 1. The molecule has 0 N–H and O–H groups in total. The Kier molecular flexibility index (Phi) is 3.84. The number of pyridine rings is 1. The number of Topliss-reactive ketones (excluding diaryl/α,β-unsaturated/α-hetero) is 1. The maximum Gasteiger partial charge on any atom is 0.157 e. The van der Waals surface area contributed by atoms with Crippen molar-refractivity contribution in [1.29, 1.82) is 5.26 Å². The minimum atomic E-state index is -0.715. The van der Waals surface area contributed by atoms with E-state index in [1.54, 1.807) is 24.5 Å². The molecule has 0 saturated carbocycles. The Morgan fingerprint density at radius 2 is 2.59 bits per heavy atom. The standard InChI is InChI=1S/C13H14N2O2/c14-8-12(10-3-1-5-15-9-10)13(16)7-11-4-2-6-17-11/h1,3,5,9,11-12H,2,4,6-7H2. The molecule has 2 heterocycles. The van der Waals surface area contributed by atoms with Gasteiger partial charge < -0.3 is 4.74 Å². The molecule has 0 aromatic carbocycles. The molecule has 1 aromatic rings. The fourth-order valence-corrected chi connectivity index (χ4v) is 2.03. The highest BCUT2D eigenvalue weighted by Crippen LogP contribution is 2.22. The van der Waals surface area contributed by atoms with Crippen LogP contribution in [0.5, 0.6) is 0 Å². The molecule has 0 amide bonds. The zero-order valence-corrected chi connectivity index (χ0v) is 9.50. The van der Waals surface area contributed by atoms with Crippen LogP contribution < -0.4 is 0 Å². The number of nitriles is 1. The van der Waals surface area contributed by atoms with Gasteiger partial charge in [-0.2, -0.15) is 5.26 Å². The second-order valence-corrected chi connectivity index (χ2v) is 4.15. The first-order valence-corrected chi connectivity index (χ1v) is 5.75. The molecular weight excluding hydrogens is 216 g/mol. The van der Waals surface area contributed by atoms with E-state index in [4.69, 9.17) is 10.00 Å². The predicted molar refractivity (Wildman–Crippen MR) is 61.2 cm³/mol. The molecule has 2 atom stereocenters. The minimum absolute atomic E-state index is 0.00461. The number of carbonyl (C=O) groups is 1. The SMILES string of the molecule is N#CC(C(=O)CC1CCCO1)c1cccnc1. The molecule has 1 fully saturated rings. The van der Waals surface area contributed by atoms with Crippen molar-refractivity contribution in [2.75, 3.05) is 6.61 Å². The van der Waals surface area contributed by atoms with Crippen molar-refractivity contribution in [3.8, 4) is 6.07 Å². The van der Waals surface area contributed by atoms with Crippen molar-refractivity contribution < 1.29 is 9.53 Å². The maximum absolute atomic E-state index is 12.0. The van der Waals surface area contributed by atoms with E-state index in [9.17, 15) is 4.79 Å². The van der Waals surface area contributed by atoms with Crippen LogP contribution in [0.1, 0.15) is 30.7 Å². The van der Waals surface area contributed by atoms with E-state index in [0.717, 1.165) is 19.4 Å². The van der Waals surface area contributed by atoms with Crippen molar-refractivity contribution in [3.63, 3.8) is 0 Å². The van der Waals surface area contributed by atoms with Gasteiger partial charge in [0, 0.05) is 25.4 Å². The Morgan fingerprint density at radius 1 is 1.71 bits per heavy atom. The Balaban J connectivity index is 2.03. The maximum atomic E-state index is 12.0. The molecule has 88 valence electrons. The number of hydrogen-bond donors (Lipinski definition) is 0. The van der Waals surface area contributed by atoms with Crippen LogP contribution in [0.15, 0.2) is 24.5 Å². The summed E-state index contributed by atoms with van der Waals surface area (Å²) >= 11 is 0. The summed E-state index contributed by atoms with van der Waals surface area (Å²) < 4.78 is 5.41. The normalized spacial score (nSPS) is 20.8. The lowest BCUT2D eigenvalue weighted by Gasteiger charge is -2.11. The highest BCUT2D eigenvalue weighted by molar-refractivity contribution is 5.88. The zero-order chi connectivity index (χ0) is 12.1. The third kappa shape index (κ3) is 2.89. The van der Waals surface area contributed by atoms with Crippen molar-refractivity contribution in [1.82, 2.24) is 4.98 Å². The molecule has 1 aliphatic heterocycles. The van der Waals surface area contributed by atoms with Crippen molar-refractivity contribution in [3.05, 3.63) is 30.1 Å². The van der Waals surface area contributed by atoms with Gasteiger partial charge in [-0.1, -0.05) is 6.07 Å². The molecule has 4 nitrogen and oxygen atoms in total. The number of ketones is 1. The minimum Gasteiger partial charge on any atom is -0.378 e. The fourth-order valence-electron chi connectivity index (χ4n) is 2.03. The number of nitrogens with zero attached hydrogens (tertiary/aromatic N) is 2. The Morgan fingerprint density at radius 3 is 3.18 bits per heavy atom. The van der Waals surface area contributed by atoms with Crippen molar-refractivity contribution >= 4 is 5.78 Å². The lowest BCUT2D eigenvalue weighted by molar-refractivity contribution is -0.121. The Hall–Kier alpha value is -1.73. The van der Waals surface area contributed by atoms with Gasteiger partial charge in [0.05, 0.1) is 12.2 Å². The summed E-state index contributed by atoms with van der Waals surface area (Å²) in [4.78, 5) is 15.9. The van der Waals surface area contributed by atoms with Gasteiger partial charge >= 0.3 is 0 Å². The Labute approximate surface area is 100 Å². The smallest absolute Gasteiger partial charge is 0.157 e. The van der Waals surface area contributed by atoms with Crippen LogP contribution in [0.2, 0.25) is 0 Å². The number of aromatic nitrogens is 1. The van der Waals surface area contributed by atoms with E-state index in [0.29, 0.717) is 12.0 Å². The van der Waals surface area contributed by atoms with Crippen LogP contribution in [0.25, 0.3) is 0 Å². The molecule has 2 unspecified atom stereocenters. The second-order valence-electron chi connectivity index (χ2n) is 4.15. The Bertz CT molecular complexity index is 419. The largest absolute Gasteiger partial charge is 0.378 e. The first kappa shape index (κ1) is 11.7. The van der Waals surface area contributed by atoms with Crippen molar-refractivity contribution in [2.45, 2.75) is 31.3 Å². The monoisotopic (exact) mass is 230 g/mol. The first-order chi connectivity index (χ1) is 8.31. The molecule has 0 spiro atoms. The highest BCUT2D eigenvalue weighted by atomic mass is 16.5. The van der Waals surface area contributed by atoms with Gasteiger partial charge in [0.2, 0.25) is 0 Å². The first-order valence-electron chi connectivity index (χ1n) is 5.75. The number of hydrogen-bond acceptors (Lipinski definition) is 4. The summed E-state index contributed by atoms with van der Waals surface area (Å²) in [5.74, 6) is -0.791. The van der Waals surface area contributed by atoms with Crippen LogP contribution in [0.4, 0.5) is 0 Å². The lowest BCUT2D eigenvalue weighted by Crippen LogP contribution is -2.18. The van der Waals surface area contributed by atoms with E-state index in [1.165, 1.54) is 0 Å². The van der Waals surface area contributed by atoms with Gasteiger partial charge in [0.15, 0.2) is 5.78 Å². The van der Waals surface area contributed by atoms with Crippen molar-refractivity contribution in [2.24, 2.45) is 0 Å². The van der Waals surface area contributed by atoms with E-state index in [1.807, 2.05) is 6.07 Å². The van der Waals surface area contributed by atoms with Gasteiger partial charge in [-0.25, -0.2) is 0 Å². The molecule has 0 bridgehead atoms. The summed E-state index contributed by atoms with van der Waals surface area (Å²) in [5, 5.41) is 9.08. The predicted octanol–water partition coefficient (Wildman–Crippen LogP) is 1.83. The van der Waals surface area contributed by atoms with Gasteiger partial charge in [0.25, 0.3) is 0 Å². The second kappa shape index (κ2) is 5.55. The molecule has 4 heteroatoms. The van der Waals surface area contributed by atoms with Gasteiger partial charge in [-0.3, -0.25) is 9.78 Å². The average Bonchev–Trinajstić information content (AvgIpc) is 2.84. The third-order valence-electron chi connectivity index (χ3n) is 2.92. The summed E-state index contributed by atoms with van der Waals surface area (Å²) in [5.41, 5.74) is 0.665. The summed E-state index contributed by atoms with van der Waals surface area (Å²) in [6, 6.07) is 5.54. The zero-order valence-electron chi connectivity index (χ0n) is 9.50. The molecule has 0 aliphatic carbocycles.